The monoisotopic (exact) mass is 162 g/mol. The molecule has 1 atom stereocenters. The highest BCUT2D eigenvalue weighted by molar-refractivity contribution is 5.33. The molecule has 1 N–H and O–H groups in total. The summed E-state index contributed by atoms with van der Waals surface area (Å²) in [6.45, 7) is 2.10. The Morgan fingerprint density at radius 2 is 2.25 bits per heavy atom. The zero-order valence-electron chi connectivity index (χ0n) is 7.38. The summed E-state index contributed by atoms with van der Waals surface area (Å²) in [5, 5.41) is 9.31. The second kappa shape index (κ2) is 2.81. The van der Waals surface area contributed by atoms with Crippen LogP contribution in [-0.4, -0.2) is 5.11 Å². The molecular weight excluding hydrogens is 148 g/mol. The molecule has 0 aromatic rings. The molecule has 1 saturated carbocycles. The lowest BCUT2D eigenvalue weighted by Gasteiger charge is -2.14. The molecule has 2 aliphatic rings. The minimum Gasteiger partial charge on any atom is -0.512 e. The van der Waals surface area contributed by atoms with Crippen molar-refractivity contribution in [3.05, 3.63) is 35.1 Å². The van der Waals surface area contributed by atoms with Crippen LogP contribution in [0.15, 0.2) is 35.1 Å². The van der Waals surface area contributed by atoms with E-state index in [0.29, 0.717) is 11.7 Å². The summed E-state index contributed by atoms with van der Waals surface area (Å²) in [6, 6.07) is 0. The lowest BCUT2D eigenvalue weighted by Crippen LogP contribution is -2.02. The highest BCUT2D eigenvalue weighted by Crippen LogP contribution is 2.40. The van der Waals surface area contributed by atoms with Gasteiger partial charge in [-0.15, -0.1) is 0 Å². The van der Waals surface area contributed by atoms with Crippen molar-refractivity contribution in [2.24, 2.45) is 5.92 Å². The van der Waals surface area contributed by atoms with Gasteiger partial charge in [0.2, 0.25) is 0 Å². The maximum absolute atomic E-state index is 9.31. The topological polar surface area (TPSA) is 20.2 Å². The van der Waals surface area contributed by atoms with Gasteiger partial charge in [0.05, 0.1) is 5.76 Å². The Labute approximate surface area is 73.1 Å². The van der Waals surface area contributed by atoms with Gasteiger partial charge in [0.25, 0.3) is 0 Å². The van der Waals surface area contributed by atoms with Gasteiger partial charge >= 0.3 is 0 Å². The molecule has 1 heteroatoms. The van der Waals surface area contributed by atoms with Crippen LogP contribution in [0.2, 0.25) is 0 Å². The minimum absolute atomic E-state index is 0.543. The molecule has 0 heterocycles. The summed E-state index contributed by atoms with van der Waals surface area (Å²) in [7, 11) is 0. The van der Waals surface area contributed by atoms with E-state index in [9.17, 15) is 5.11 Å². The van der Waals surface area contributed by atoms with Crippen LogP contribution in [0.3, 0.4) is 0 Å². The van der Waals surface area contributed by atoms with Crippen LogP contribution in [0.5, 0.6) is 0 Å². The lowest BCUT2D eigenvalue weighted by atomic mass is 9.93. The standard InChI is InChI=1S/C11H14O/c1-2-8-5-9-3-4-11(12)7-10(9)6-8/h2-4,10,12H,5-7H2,1H3/b8-2+. The average molecular weight is 162 g/mol. The molecular formula is C11H14O. The molecule has 0 amide bonds. The van der Waals surface area contributed by atoms with Gasteiger partial charge in [-0.1, -0.05) is 23.3 Å². The fraction of sp³-hybridized carbons (Fsp3) is 0.455. The fourth-order valence-corrected chi connectivity index (χ4v) is 2.07. The summed E-state index contributed by atoms with van der Waals surface area (Å²) in [6.07, 6.45) is 9.26. The maximum atomic E-state index is 9.31. The third kappa shape index (κ3) is 1.20. The zero-order chi connectivity index (χ0) is 8.55. The summed E-state index contributed by atoms with van der Waals surface area (Å²) in [5.74, 6) is 1.14. The van der Waals surface area contributed by atoms with Crippen molar-refractivity contribution in [2.75, 3.05) is 0 Å². The third-order valence-electron chi connectivity index (χ3n) is 2.82. The zero-order valence-corrected chi connectivity index (χ0v) is 7.38. The van der Waals surface area contributed by atoms with E-state index in [4.69, 9.17) is 0 Å². The largest absolute Gasteiger partial charge is 0.512 e. The van der Waals surface area contributed by atoms with Crippen molar-refractivity contribution in [1.82, 2.24) is 0 Å². The maximum Gasteiger partial charge on any atom is 0.0928 e. The van der Waals surface area contributed by atoms with Crippen LogP contribution in [0.25, 0.3) is 0 Å². The van der Waals surface area contributed by atoms with E-state index in [0.717, 1.165) is 19.3 Å². The molecule has 1 nitrogen and oxygen atoms in total. The Hall–Kier alpha value is -0.980. The van der Waals surface area contributed by atoms with Crippen molar-refractivity contribution in [3.63, 3.8) is 0 Å². The van der Waals surface area contributed by atoms with Gasteiger partial charge in [-0.2, -0.15) is 0 Å². The molecule has 2 aliphatic carbocycles. The van der Waals surface area contributed by atoms with E-state index in [1.807, 2.05) is 6.08 Å². The van der Waals surface area contributed by atoms with Gasteiger partial charge < -0.3 is 5.11 Å². The van der Waals surface area contributed by atoms with Crippen molar-refractivity contribution < 1.29 is 5.11 Å². The van der Waals surface area contributed by atoms with E-state index >= 15 is 0 Å². The number of aliphatic hydroxyl groups excluding tert-OH is 1. The minimum atomic E-state index is 0.543. The van der Waals surface area contributed by atoms with E-state index in [-0.39, 0.29) is 0 Å². The number of hydrogen-bond acceptors (Lipinski definition) is 1. The van der Waals surface area contributed by atoms with Crippen LogP contribution < -0.4 is 0 Å². The van der Waals surface area contributed by atoms with Gasteiger partial charge in [-0.25, -0.2) is 0 Å². The summed E-state index contributed by atoms with van der Waals surface area (Å²) >= 11 is 0. The second-order valence-electron chi connectivity index (χ2n) is 3.63. The quantitative estimate of drug-likeness (QED) is 0.542. The first-order valence-electron chi connectivity index (χ1n) is 4.52. The Bertz CT molecular complexity index is 281. The van der Waals surface area contributed by atoms with Crippen LogP contribution in [0.1, 0.15) is 26.2 Å². The smallest absolute Gasteiger partial charge is 0.0928 e. The normalized spacial score (nSPS) is 31.4. The van der Waals surface area contributed by atoms with Gasteiger partial charge in [-0.3, -0.25) is 0 Å². The Kier molecular flexibility index (Phi) is 1.80. The van der Waals surface area contributed by atoms with Gasteiger partial charge in [-0.05, 0) is 31.8 Å². The van der Waals surface area contributed by atoms with E-state index in [1.54, 1.807) is 0 Å². The predicted octanol–water partition coefficient (Wildman–Crippen LogP) is 3.11. The van der Waals surface area contributed by atoms with Crippen LogP contribution >= 0.6 is 0 Å². The van der Waals surface area contributed by atoms with E-state index in [1.165, 1.54) is 11.1 Å². The number of aliphatic hydroxyl groups is 1. The average Bonchev–Trinajstić information content (AvgIpc) is 2.46. The summed E-state index contributed by atoms with van der Waals surface area (Å²) in [5.41, 5.74) is 3.02. The van der Waals surface area contributed by atoms with Crippen molar-refractivity contribution in [1.29, 1.82) is 0 Å². The Morgan fingerprint density at radius 1 is 1.42 bits per heavy atom. The van der Waals surface area contributed by atoms with Crippen LogP contribution in [-0.2, 0) is 0 Å². The number of rotatable bonds is 0. The van der Waals surface area contributed by atoms with Gasteiger partial charge in [0, 0.05) is 6.42 Å². The first-order chi connectivity index (χ1) is 5.79. The molecule has 1 fully saturated rings. The number of allylic oxidation sites excluding steroid dienone is 6. The Balaban J connectivity index is 2.21. The number of fused-ring (bicyclic) bond motifs is 1. The molecule has 0 aliphatic heterocycles. The van der Waals surface area contributed by atoms with Crippen molar-refractivity contribution in [2.45, 2.75) is 26.2 Å². The molecule has 12 heavy (non-hydrogen) atoms. The van der Waals surface area contributed by atoms with E-state index in [2.05, 4.69) is 19.1 Å². The van der Waals surface area contributed by atoms with Crippen molar-refractivity contribution >= 4 is 0 Å². The third-order valence-corrected chi connectivity index (χ3v) is 2.82. The molecule has 2 rings (SSSR count). The van der Waals surface area contributed by atoms with E-state index < -0.39 is 0 Å². The first-order valence-corrected chi connectivity index (χ1v) is 4.52. The van der Waals surface area contributed by atoms with Crippen molar-refractivity contribution in [3.8, 4) is 0 Å². The fourth-order valence-electron chi connectivity index (χ4n) is 2.07. The lowest BCUT2D eigenvalue weighted by molar-refractivity contribution is 0.363. The molecule has 0 radical (unpaired) electrons. The number of hydrogen-bond donors (Lipinski definition) is 1. The molecule has 0 spiro atoms. The SMILES string of the molecule is C/C=C1\CC2=CC=C(O)CC2C1. The second-order valence-corrected chi connectivity index (χ2v) is 3.63. The van der Waals surface area contributed by atoms with Crippen LogP contribution in [0, 0.1) is 5.92 Å². The molecule has 1 unspecified atom stereocenters. The molecule has 0 saturated heterocycles. The first kappa shape index (κ1) is 7.66. The highest BCUT2D eigenvalue weighted by atomic mass is 16.3. The molecule has 0 aromatic heterocycles. The summed E-state index contributed by atoms with van der Waals surface area (Å²) < 4.78 is 0. The highest BCUT2D eigenvalue weighted by Gasteiger charge is 2.26. The molecule has 0 bridgehead atoms. The predicted molar refractivity (Wildman–Crippen MR) is 49.9 cm³/mol. The molecule has 64 valence electrons. The van der Waals surface area contributed by atoms with Crippen LogP contribution in [0.4, 0.5) is 0 Å². The summed E-state index contributed by atoms with van der Waals surface area (Å²) in [4.78, 5) is 0. The van der Waals surface area contributed by atoms with Gasteiger partial charge in [0.1, 0.15) is 0 Å². The van der Waals surface area contributed by atoms with Gasteiger partial charge in [0.15, 0.2) is 0 Å². The molecule has 0 aromatic carbocycles. The Morgan fingerprint density at radius 3 is 3.00 bits per heavy atom.